The molecular weight excluding hydrogens is 328 g/mol. The smallest absolute Gasteiger partial charge is 0.263 e. The summed E-state index contributed by atoms with van der Waals surface area (Å²) in [7, 11) is 1.61. The van der Waals surface area contributed by atoms with Crippen LogP contribution in [0.25, 0.3) is 10.1 Å². The number of rotatable bonds is 4. The first kappa shape index (κ1) is 14.3. The van der Waals surface area contributed by atoms with E-state index in [1.54, 1.807) is 7.11 Å². The Morgan fingerprint density at radius 2 is 2.32 bits per heavy atom. The molecule has 6 heteroatoms. The number of benzene rings is 1. The molecule has 1 aromatic carbocycles. The zero-order valence-electron chi connectivity index (χ0n) is 10.7. The Kier molecular flexibility index (Phi) is 4.44. The minimum Gasteiger partial charge on any atom is -0.397 e. The van der Waals surface area contributed by atoms with E-state index in [2.05, 4.69) is 21.2 Å². The number of carbonyl (C=O) groups excluding carboxylic acids is 1. The Balaban J connectivity index is 2.30. The molecule has 1 aromatic heterocycles. The molecule has 2 rings (SSSR count). The fourth-order valence-corrected chi connectivity index (χ4v) is 3.21. The lowest BCUT2D eigenvalue weighted by molar-refractivity contribution is 0.0910. The predicted octanol–water partition coefficient (Wildman–Crippen LogP) is 3.01. The van der Waals surface area contributed by atoms with Gasteiger partial charge in [-0.3, -0.25) is 4.79 Å². The lowest BCUT2D eigenvalue weighted by Crippen LogP contribution is -2.35. The quantitative estimate of drug-likeness (QED) is 0.897. The number of nitrogens with two attached hydrogens (primary N) is 1. The second-order valence-corrected chi connectivity index (χ2v) is 6.28. The Bertz CT molecular complexity index is 612. The van der Waals surface area contributed by atoms with E-state index in [0.29, 0.717) is 17.2 Å². The number of nitrogen functional groups attached to an aromatic ring is 1. The van der Waals surface area contributed by atoms with Crippen molar-refractivity contribution in [3.8, 4) is 0 Å². The average Bonchev–Trinajstić information content (AvgIpc) is 2.67. The van der Waals surface area contributed by atoms with Crippen molar-refractivity contribution >= 4 is 48.9 Å². The van der Waals surface area contributed by atoms with Crippen LogP contribution >= 0.6 is 27.3 Å². The summed E-state index contributed by atoms with van der Waals surface area (Å²) in [6.45, 7) is 2.36. The molecule has 1 amide bonds. The van der Waals surface area contributed by atoms with Crippen LogP contribution < -0.4 is 11.1 Å². The number of ether oxygens (including phenoxy) is 1. The molecule has 0 spiro atoms. The number of methoxy groups -OCH3 is 1. The third-order valence-corrected chi connectivity index (χ3v) is 4.37. The summed E-state index contributed by atoms with van der Waals surface area (Å²) in [4.78, 5) is 12.7. The minimum absolute atomic E-state index is 0.0474. The van der Waals surface area contributed by atoms with Gasteiger partial charge in [-0.25, -0.2) is 0 Å². The van der Waals surface area contributed by atoms with Gasteiger partial charge in [-0.05, 0) is 25.1 Å². The second kappa shape index (κ2) is 5.90. The van der Waals surface area contributed by atoms with Crippen LogP contribution in [0.2, 0.25) is 0 Å². The highest BCUT2D eigenvalue weighted by Crippen LogP contribution is 2.35. The van der Waals surface area contributed by atoms with Gasteiger partial charge in [0.15, 0.2) is 0 Å². The van der Waals surface area contributed by atoms with E-state index in [4.69, 9.17) is 10.5 Å². The summed E-state index contributed by atoms with van der Waals surface area (Å²) in [6, 6.07) is 5.77. The Morgan fingerprint density at radius 3 is 3.00 bits per heavy atom. The molecule has 1 heterocycles. The van der Waals surface area contributed by atoms with E-state index in [0.717, 1.165) is 14.6 Å². The van der Waals surface area contributed by atoms with Crippen molar-refractivity contribution in [1.82, 2.24) is 5.32 Å². The van der Waals surface area contributed by atoms with Crippen LogP contribution in [0.5, 0.6) is 0 Å². The summed E-state index contributed by atoms with van der Waals surface area (Å²) in [5.74, 6) is -0.153. The molecule has 0 saturated heterocycles. The van der Waals surface area contributed by atoms with E-state index in [9.17, 15) is 4.79 Å². The normalized spacial score (nSPS) is 12.6. The molecule has 0 bridgehead atoms. The molecule has 0 fully saturated rings. The molecular formula is C13H15BrN2O2S. The third kappa shape index (κ3) is 3.08. The Hall–Kier alpha value is -1.11. The van der Waals surface area contributed by atoms with Gasteiger partial charge >= 0.3 is 0 Å². The van der Waals surface area contributed by atoms with Crippen molar-refractivity contribution < 1.29 is 9.53 Å². The van der Waals surface area contributed by atoms with Crippen molar-refractivity contribution in [3.05, 3.63) is 27.5 Å². The van der Waals surface area contributed by atoms with Crippen molar-refractivity contribution in [3.63, 3.8) is 0 Å². The molecule has 102 valence electrons. The number of carbonyl (C=O) groups is 1. The Labute approximate surface area is 124 Å². The van der Waals surface area contributed by atoms with Crippen LogP contribution in [0.15, 0.2) is 22.7 Å². The van der Waals surface area contributed by atoms with Crippen LogP contribution in [-0.2, 0) is 4.74 Å². The van der Waals surface area contributed by atoms with E-state index in [1.807, 2.05) is 25.1 Å². The summed E-state index contributed by atoms with van der Waals surface area (Å²) >= 11 is 4.81. The zero-order valence-corrected chi connectivity index (χ0v) is 13.1. The number of hydrogen-bond donors (Lipinski definition) is 2. The van der Waals surface area contributed by atoms with Crippen LogP contribution in [0.1, 0.15) is 16.6 Å². The number of hydrogen-bond acceptors (Lipinski definition) is 4. The zero-order chi connectivity index (χ0) is 14.0. The molecule has 1 unspecified atom stereocenters. The van der Waals surface area contributed by atoms with Gasteiger partial charge < -0.3 is 15.8 Å². The molecule has 1 atom stereocenters. The summed E-state index contributed by atoms with van der Waals surface area (Å²) in [5.41, 5.74) is 6.59. The molecule has 19 heavy (non-hydrogen) atoms. The minimum atomic E-state index is -0.153. The maximum atomic E-state index is 12.2. The molecule has 0 aliphatic heterocycles. The molecule has 0 saturated carbocycles. The first-order valence-electron chi connectivity index (χ1n) is 5.80. The molecule has 0 aliphatic carbocycles. The van der Waals surface area contributed by atoms with E-state index in [1.165, 1.54) is 11.3 Å². The third-order valence-electron chi connectivity index (χ3n) is 2.69. The summed E-state index contributed by atoms with van der Waals surface area (Å²) in [6.07, 6.45) is 0. The lowest BCUT2D eigenvalue weighted by atomic mass is 10.2. The monoisotopic (exact) mass is 342 g/mol. The average molecular weight is 343 g/mol. The fraction of sp³-hybridized carbons (Fsp3) is 0.308. The van der Waals surface area contributed by atoms with Gasteiger partial charge in [0.1, 0.15) is 4.88 Å². The van der Waals surface area contributed by atoms with Crippen molar-refractivity contribution in [2.45, 2.75) is 13.0 Å². The lowest BCUT2D eigenvalue weighted by Gasteiger charge is -2.11. The molecule has 0 radical (unpaired) electrons. The van der Waals surface area contributed by atoms with Crippen molar-refractivity contribution in [2.75, 3.05) is 19.5 Å². The standard InChI is InChI=1S/C13H15BrN2O2S/c1-7(6-18-2)16-13(17)12-11(15)9-5-8(14)3-4-10(9)19-12/h3-5,7H,6,15H2,1-2H3,(H,16,17). The number of nitrogens with one attached hydrogen (secondary N) is 1. The summed E-state index contributed by atoms with van der Waals surface area (Å²) in [5, 5.41) is 3.77. The molecule has 3 N–H and O–H groups in total. The number of thiophene rings is 1. The van der Waals surface area contributed by atoms with Gasteiger partial charge in [-0.2, -0.15) is 0 Å². The van der Waals surface area contributed by atoms with Gasteiger partial charge in [0.25, 0.3) is 5.91 Å². The topological polar surface area (TPSA) is 64.3 Å². The summed E-state index contributed by atoms with van der Waals surface area (Å²) < 4.78 is 6.95. The van der Waals surface area contributed by atoms with Crippen molar-refractivity contribution in [2.24, 2.45) is 0 Å². The highest BCUT2D eigenvalue weighted by Gasteiger charge is 2.17. The number of amides is 1. The molecule has 4 nitrogen and oxygen atoms in total. The van der Waals surface area contributed by atoms with E-state index < -0.39 is 0 Å². The van der Waals surface area contributed by atoms with Gasteiger partial charge in [0, 0.05) is 27.7 Å². The molecule has 0 aliphatic rings. The fourth-order valence-electron chi connectivity index (χ4n) is 1.84. The van der Waals surface area contributed by atoms with Gasteiger partial charge in [0.05, 0.1) is 12.3 Å². The Morgan fingerprint density at radius 1 is 1.58 bits per heavy atom. The van der Waals surface area contributed by atoms with Crippen molar-refractivity contribution in [1.29, 1.82) is 0 Å². The highest BCUT2D eigenvalue weighted by molar-refractivity contribution is 9.10. The van der Waals surface area contributed by atoms with Crippen LogP contribution in [0.4, 0.5) is 5.69 Å². The van der Waals surface area contributed by atoms with Crippen LogP contribution in [0.3, 0.4) is 0 Å². The maximum Gasteiger partial charge on any atom is 0.263 e. The second-order valence-electron chi connectivity index (χ2n) is 4.32. The first-order chi connectivity index (χ1) is 9.02. The number of halogens is 1. The maximum absolute atomic E-state index is 12.2. The van der Waals surface area contributed by atoms with Crippen LogP contribution in [0, 0.1) is 0 Å². The SMILES string of the molecule is COCC(C)NC(=O)c1sc2ccc(Br)cc2c1N. The number of fused-ring (bicyclic) bond motifs is 1. The van der Waals surface area contributed by atoms with E-state index >= 15 is 0 Å². The number of anilines is 1. The van der Waals surface area contributed by atoms with Gasteiger partial charge in [-0.1, -0.05) is 15.9 Å². The van der Waals surface area contributed by atoms with E-state index in [-0.39, 0.29) is 11.9 Å². The van der Waals surface area contributed by atoms with Gasteiger partial charge in [-0.15, -0.1) is 11.3 Å². The predicted molar refractivity (Wildman–Crippen MR) is 82.7 cm³/mol. The molecule has 2 aromatic rings. The largest absolute Gasteiger partial charge is 0.397 e. The van der Waals surface area contributed by atoms with Crippen LogP contribution in [-0.4, -0.2) is 25.7 Å². The first-order valence-corrected chi connectivity index (χ1v) is 7.41. The van der Waals surface area contributed by atoms with Gasteiger partial charge in [0.2, 0.25) is 0 Å². The highest BCUT2D eigenvalue weighted by atomic mass is 79.9.